The van der Waals surface area contributed by atoms with Crippen molar-refractivity contribution in [1.82, 2.24) is 0 Å². The van der Waals surface area contributed by atoms with E-state index in [2.05, 4.69) is 0 Å². The molecule has 3 aliphatic rings. The summed E-state index contributed by atoms with van der Waals surface area (Å²) in [4.78, 5) is 0. The molecule has 1 saturated carbocycles. The van der Waals surface area contributed by atoms with Crippen molar-refractivity contribution in [2.45, 2.75) is 93.1 Å². The Labute approximate surface area is 180 Å². The highest BCUT2D eigenvalue weighted by Gasteiger charge is 2.50. The lowest BCUT2D eigenvalue weighted by atomic mass is 9.71. The molecule has 2 saturated heterocycles. The number of hydrogen-bond donors (Lipinski definition) is 9. The van der Waals surface area contributed by atoms with Gasteiger partial charge in [0.15, 0.2) is 6.29 Å². The molecule has 3 fully saturated rings. The number of rotatable bonds is 6. The predicted octanol–water partition coefficient (Wildman–Crippen LogP) is -4.68. The summed E-state index contributed by atoms with van der Waals surface area (Å²) in [6.45, 7) is 1.43. The molecule has 5 unspecified atom stereocenters. The Morgan fingerprint density at radius 2 is 1.48 bits per heavy atom. The minimum Gasteiger partial charge on any atom is -0.394 e. The van der Waals surface area contributed by atoms with Gasteiger partial charge in [-0.3, -0.25) is 0 Å². The summed E-state index contributed by atoms with van der Waals surface area (Å²) < 4.78 is 17.1. The van der Waals surface area contributed by atoms with Crippen LogP contribution in [0.2, 0.25) is 0 Å². The molecule has 3 rings (SSSR count). The van der Waals surface area contributed by atoms with E-state index in [0.717, 1.165) is 0 Å². The van der Waals surface area contributed by atoms with Crippen molar-refractivity contribution in [3.05, 3.63) is 0 Å². The van der Waals surface area contributed by atoms with Gasteiger partial charge in [-0.25, -0.2) is 0 Å². The Kier molecular flexibility index (Phi) is 8.27. The number of aliphatic hydroxyl groups excluding tert-OH is 6. The van der Waals surface area contributed by atoms with Crippen LogP contribution in [0.4, 0.5) is 0 Å². The van der Waals surface area contributed by atoms with Gasteiger partial charge in [-0.05, 0) is 24.7 Å². The summed E-state index contributed by atoms with van der Waals surface area (Å²) in [6.07, 6.45) is -9.90. The van der Waals surface area contributed by atoms with Crippen molar-refractivity contribution >= 4 is 0 Å². The van der Waals surface area contributed by atoms with Gasteiger partial charge in [0, 0.05) is 12.6 Å². The van der Waals surface area contributed by atoms with Crippen LogP contribution < -0.4 is 17.2 Å². The number of nitrogens with two attached hydrogens (primary N) is 3. The quantitative estimate of drug-likeness (QED) is 0.186. The summed E-state index contributed by atoms with van der Waals surface area (Å²) >= 11 is 0. The molecule has 1 aliphatic carbocycles. The molecule has 0 bridgehead atoms. The molecule has 14 atom stereocenters. The van der Waals surface area contributed by atoms with Gasteiger partial charge >= 0.3 is 0 Å². The van der Waals surface area contributed by atoms with Crippen molar-refractivity contribution in [2.24, 2.45) is 29.0 Å². The van der Waals surface area contributed by atoms with Crippen molar-refractivity contribution in [3.8, 4) is 0 Å². The smallest absolute Gasteiger partial charge is 0.176 e. The maximum Gasteiger partial charge on any atom is 0.176 e. The fraction of sp³-hybridized carbons (Fsp3) is 1.00. The molecule has 31 heavy (non-hydrogen) atoms. The van der Waals surface area contributed by atoms with E-state index in [4.69, 9.17) is 31.4 Å². The Hall–Kier alpha value is -0.480. The van der Waals surface area contributed by atoms with Crippen LogP contribution in [-0.4, -0.2) is 117 Å². The van der Waals surface area contributed by atoms with Gasteiger partial charge in [0.1, 0.15) is 36.6 Å². The first kappa shape index (κ1) is 25.1. The number of aliphatic hydroxyl groups is 6. The van der Waals surface area contributed by atoms with E-state index < -0.39 is 79.9 Å². The number of ether oxygens (including phenoxy) is 3. The molecule has 0 aromatic heterocycles. The van der Waals surface area contributed by atoms with Crippen LogP contribution in [0.25, 0.3) is 0 Å². The molecule has 12 N–H and O–H groups in total. The van der Waals surface area contributed by atoms with E-state index in [9.17, 15) is 30.6 Å². The van der Waals surface area contributed by atoms with E-state index in [0.29, 0.717) is 6.42 Å². The Bertz CT molecular complexity index is 588. The van der Waals surface area contributed by atoms with Crippen LogP contribution >= 0.6 is 0 Å². The van der Waals surface area contributed by atoms with Gasteiger partial charge < -0.3 is 62.1 Å². The van der Waals surface area contributed by atoms with Gasteiger partial charge in [-0.15, -0.1) is 0 Å². The monoisotopic (exact) mass is 451 g/mol. The third-order valence-electron chi connectivity index (χ3n) is 6.99. The highest BCUT2D eigenvalue weighted by atomic mass is 16.7. The normalized spacial score (nSPS) is 53.6. The van der Waals surface area contributed by atoms with Gasteiger partial charge in [0.2, 0.25) is 0 Å². The second-order valence-corrected chi connectivity index (χ2v) is 9.08. The van der Waals surface area contributed by atoms with Gasteiger partial charge in [-0.2, -0.15) is 0 Å². The molecule has 0 radical (unpaired) electrons. The standard InChI is InChI=1S/C19H37N3O9/c1-6-2-8(21)18(31-19-12(22)17(28)16(27)11(5-23)30-19)13(24)7(6)3-9-14(25)15(26)10(4-20)29-9/h6-19,23-28H,2-5,20-22H2,1H3/t6-,7?,8?,9+,10-,11?,12?,13-,14?,15+,16-,17-,18-,19-/m1/s1. The van der Waals surface area contributed by atoms with Crippen molar-refractivity contribution in [2.75, 3.05) is 13.2 Å². The summed E-state index contributed by atoms with van der Waals surface area (Å²) in [5.74, 6) is -0.412. The zero-order valence-corrected chi connectivity index (χ0v) is 17.6. The third kappa shape index (κ3) is 4.90. The average Bonchev–Trinajstić information content (AvgIpc) is 3.01. The Morgan fingerprint density at radius 3 is 2.06 bits per heavy atom. The van der Waals surface area contributed by atoms with E-state index in [1.54, 1.807) is 0 Å². The zero-order chi connectivity index (χ0) is 23.0. The van der Waals surface area contributed by atoms with Crippen LogP contribution in [-0.2, 0) is 14.2 Å². The van der Waals surface area contributed by atoms with Crippen LogP contribution in [0.3, 0.4) is 0 Å². The minimum atomic E-state index is -1.39. The molecule has 182 valence electrons. The van der Waals surface area contributed by atoms with E-state index in [1.807, 2.05) is 6.92 Å². The molecule has 2 heterocycles. The van der Waals surface area contributed by atoms with E-state index in [1.165, 1.54) is 0 Å². The zero-order valence-electron chi connectivity index (χ0n) is 17.6. The van der Waals surface area contributed by atoms with Gasteiger partial charge in [0.05, 0.1) is 31.0 Å². The fourth-order valence-electron chi connectivity index (χ4n) is 4.99. The average molecular weight is 452 g/mol. The second-order valence-electron chi connectivity index (χ2n) is 9.08. The first-order chi connectivity index (χ1) is 14.6. The summed E-state index contributed by atoms with van der Waals surface area (Å²) in [5, 5.41) is 60.9. The SMILES string of the molecule is C[C@@H]1CC(N)[C@@H](O[C@H]2OC(CO)[C@@H](O)[C@H](O)C2N)[C@H](O)C1C[C@@H]1O[C@H](CN)[C@H](O)C1O. The lowest BCUT2D eigenvalue weighted by Gasteiger charge is -2.47. The largest absolute Gasteiger partial charge is 0.394 e. The number of hydrogen-bond acceptors (Lipinski definition) is 12. The van der Waals surface area contributed by atoms with Crippen LogP contribution in [0.15, 0.2) is 0 Å². The molecule has 12 heteroatoms. The molecule has 0 spiro atoms. The van der Waals surface area contributed by atoms with Crippen molar-refractivity contribution in [3.63, 3.8) is 0 Å². The maximum atomic E-state index is 11.1. The van der Waals surface area contributed by atoms with Crippen LogP contribution in [0.1, 0.15) is 19.8 Å². The van der Waals surface area contributed by atoms with E-state index >= 15 is 0 Å². The topological polar surface area (TPSA) is 227 Å². The molecule has 12 nitrogen and oxygen atoms in total. The Morgan fingerprint density at radius 1 is 0.871 bits per heavy atom. The van der Waals surface area contributed by atoms with Gasteiger partial charge in [0.25, 0.3) is 0 Å². The van der Waals surface area contributed by atoms with Crippen molar-refractivity contribution < 1.29 is 44.8 Å². The van der Waals surface area contributed by atoms with Crippen LogP contribution in [0.5, 0.6) is 0 Å². The summed E-state index contributed by atoms with van der Waals surface area (Å²) in [7, 11) is 0. The van der Waals surface area contributed by atoms with E-state index in [-0.39, 0.29) is 24.8 Å². The summed E-state index contributed by atoms with van der Waals surface area (Å²) in [6, 6.07) is -1.68. The molecular weight excluding hydrogens is 414 g/mol. The predicted molar refractivity (Wildman–Crippen MR) is 106 cm³/mol. The lowest BCUT2D eigenvalue weighted by Crippen LogP contribution is -2.65. The molecular formula is C19H37N3O9. The first-order valence-electron chi connectivity index (χ1n) is 10.8. The highest BCUT2D eigenvalue weighted by molar-refractivity contribution is 5.00. The minimum absolute atomic E-state index is 0.0340. The molecule has 0 aromatic rings. The molecule has 2 aliphatic heterocycles. The fourth-order valence-corrected chi connectivity index (χ4v) is 4.99. The first-order valence-corrected chi connectivity index (χ1v) is 10.8. The maximum absolute atomic E-state index is 11.1. The highest BCUT2D eigenvalue weighted by Crippen LogP contribution is 2.38. The van der Waals surface area contributed by atoms with Crippen molar-refractivity contribution in [1.29, 1.82) is 0 Å². The second kappa shape index (κ2) is 10.2. The third-order valence-corrected chi connectivity index (χ3v) is 6.99. The van der Waals surface area contributed by atoms with Crippen LogP contribution in [0, 0.1) is 11.8 Å². The van der Waals surface area contributed by atoms with Gasteiger partial charge in [-0.1, -0.05) is 6.92 Å². The molecule has 0 amide bonds. The molecule has 0 aromatic carbocycles. The lowest BCUT2D eigenvalue weighted by molar-refractivity contribution is -0.293. The Balaban J connectivity index is 1.70. The summed E-state index contributed by atoms with van der Waals surface area (Å²) in [5.41, 5.74) is 17.7.